The summed E-state index contributed by atoms with van der Waals surface area (Å²) in [6, 6.07) is 6.90. The number of hydrogen-bond acceptors (Lipinski definition) is 4. The van der Waals surface area contributed by atoms with Crippen LogP contribution in [-0.4, -0.2) is 22.2 Å². The van der Waals surface area contributed by atoms with Crippen molar-refractivity contribution in [2.75, 3.05) is 5.32 Å². The number of rotatable bonds is 2. The Morgan fingerprint density at radius 2 is 1.56 bits per heavy atom. The summed E-state index contributed by atoms with van der Waals surface area (Å²) in [4.78, 5) is 17.1. The number of nitrogens with zero attached hydrogens (tertiary/aromatic N) is 1. The molecular formula is C32H30F4N2O3. The number of aromatic carboxylic acids is 1. The fraction of sp³-hybridized carbons (Fsp3) is 0.375. The fourth-order valence-corrected chi connectivity index (χ4v) is 6.87. The molecule has 0 bridgehead atoms. The maximum absolute atomic E-state index is 15.7. The van der Waals surface area contributed by atoms with Crippen LogP contribution < -0.4 is 20.6 Å². The number of ether oxygens (including phenoxy) is 1. The van der Waals surface area contributed by atoms with Crippen molar-refractivity contribution in [2.24, 2.45) is 4.99 Å². The number of carboxylic acid groups (broad SMARTS) is 1. The first-order chi connectivity index (χ1) is 19.1. The van der Waals surface area contributed by atoms with Crippen LogP contribution in [0.5, 0.6) is 11.5 Å². The Hall–Kier alpha value is -3.88. The molecule has 41 heavy (non-hydrogen) atoms. The van der Waals surface area contributed by atoms with Gasteiger partial charge in [-0.1, -0.05) is 13.8 Å². The number of nitrogens with one attached hydrogen (secondary N) is 1. The summed E-state index contributed by atoms with van der Waals surface area (Å²) >= 11 is 0. The molecule has 5 nitrogen and oxygen atoms in total. The topological polar surface area (TPSA) is 70.9 Å². The Morgan fingerprint density at radius 3 is 2.24 bits per heavy atom. The van der Waals surface area contributed by atoms with E-state index in [4.69, 9.17) is 9.73 Å². The van der Waals surface area contributed by atoms with Gasteiger partial charge in [-0.2, -0.15) is 0 Å². The number of carboxylic acids is 1. The number of hydrogen-bond donors (Lipinski definition) is 2. The smallest absolute Gasteiger partial charge is 0.339 e. The Kier molecular flexibility index (Phi) is 5.86. The molecule has 0 aliphatic carbocycles. The van der Waals surface area contributed by atoms with Crippen LogP contribution in [0, 0.1) is 23.3 Å². The lowest BCUT2D eigenvalue weighted by atomic mass is 9.79. The standard InChI is InChI=1S/C32H30F4N2O3/c1-13-11-31(3,4)37-19-9-21-17(7-15(13)19)23(24-25(30(39)40)27(34)29(36)28(35)26(24)33)18-8-16-14(2)12-32(5,6)38-20(16)10-22(18)41-21/h7-10,13-14,37H,11-12H2,1-6H3,(H,39,40). The molecule has 3 heterocycles. The van der Waals surface area contributed by atoms with Crippen molar-refractivity contribution in [2.45, 2.75) is 77.3 Å². The van der Waals surface area contributed by atoms with Gasteiger partial charge in [-0.3, -0.25) is 4.99 Å². The minimum absolute atomic E-state index is 0.0194. The average Bonchev–Trinajstić information content (AvgIpc) is 2.85. The molecule has 0 spiro atoms. The second kappa shape index (κ2) is 8.81. The first kappa shape index (κ1) is 27.3. The van der Waals surface area contributed by atoms with Crippen LogP contribution in [0.15, 0.2) is 29.3 Å². The molecule has 2 unspecified atom stereocenters. The van der Waals surface area contributed by atoms with Crippen LogP contribution in [0.4, 0.5) is 23.2 Å². The number of halogens is 4. The van der Waals surface area contributed by atoms with Crippen molar-refractivity contribution < 1.29 is 32.2 Å². The van der Waals surface area contributed by atoms with Crippen molar-refractivity contribution >= 4 is 17.2 Å². The van der Waals surface area contributed by atoms with Gasteiger partial charge in [0.1, 0.15) is 17.1 Å². The molecule has 3 aromatic carbocycles. The third kappa shape index (κ3) is 4.19. The average molecular weight is 567 g/mol. The third-order valence-electron chi connectivity index (χ3n) is 8.35. The van der Waals surface area contributed by atoms with Crippen molar-refractivity contribution in [1.29, 1.82) is 0 Å². The van der Waals surface area contributed by atoms with Gasteiger partial charge in [0, 0.05) is 45.3 Å². The molecule has 0 fully saturated rings. The molecule has 3 aliphatic heterocycles. The molecule has 0 saturated carbocycles. The zero-order valence-electron chi connectivity index (χ0n) is 23.6. The predicted octanol–water partition coefficient (Wildman–Crippen LogP) is 6.90. The van der Waals surface area contributed by atoms with Gasteiger partial charge in [0.2, 0.25) is 0 Å². The SMILES string of the molecule is CC1CC(C)(C)Nc2cc3c(cc21)C(c1c(F)c(F)c(F)c(F)c1C(=O)O)=c1cc2c(cc1O3)=NC(C)(C)CC2C. The molecule has 2 N–H and O–H groups in total. The molecule has 6 rings (SSSR count). The number of fused-ring (bicyclic) bond motifs is 4. The van der Waals surface area contributed by atoms with Crippen LogP contribution in [-0.2, 0) is 0 Å². The number of anilines is 1. The van der Waals surface area contributed by atoms with Gasteiger partial charge >= 0.3 is 5.97 Å². The van der Waals surface area contributed by atoms with E-state index in [1.54, 1.807) is 24.3 Å². The molecule has 9 heteroatoms. The first-order valence-electron chi connectivity index (χ1n) is 13.6. The number of benzene rings is 3. The van der Waals surface area contributed by atoms with Crippen molar-refractivity contribution in [3.8, 4) is 11.5 Å². The zero-order chi connectivity index (χ0) is 29.8. The molecule has 0 amide bonds. The molecule has 0 aromatic heterocycles. The van der Waals surface area contributed by atoms with Gasteiger partial charge in [0.15, 0.2) is 23.3 Å². The van der Waals surface area contributed by atoms with Crippen molar-refractivity contribution in [1.82, 2.24) is 0 Å². The van der Waals surface area contributed by atoms with E-state index in [1.807, 2.05) is 27.7 Å². The summed E-state index contributed by atoms with van der Waals surface area (Å²) in [7, 11) is 0. The lowest BCUT2D eigenvalue weighted by molar-refractivity contribution is 0.0689. The maximum Gasteiger partial charge on any atom is 0.339 e. The highest BCUT2D eigenvalue weighted by Crippen LogP contribution is 2.47. The van der Waals surface area contributed by atoms with Gasteiger partial charge in [-0.15, -0.1) is 0 Å². The lowest BCUT2D eigenvalue weighted by Gasteiger charge is -2.38. The van der Waals surface area contributed by atoms with Crippen LogP contribution in [0.3, 0.4) is 0 Å². The Balaban J connectivity index is 1.79. The quantitative estimate of drug-likeness (QED) is 0.157. The molecule has 3 aliphatic rings. The highest BCUT2D eigenvalue weighted by atomic mass is 19.2. The number of carbonyl (C=O) groups is 1. The van der Waals surface area contributed by atoms with E-state index in [9.17, 15) is 18.7 Å². The predicted molar refractivity (Wildman–Crippen MR) is 146 cm³/mol. The van der Waals surface area contributed by atoms with E-state index < -0.39 is 40.4 Å². The van der Waals surface area contributed by atoms with Gasteiger partial charge < -0.3 is 15.2 Å². The van der Waals surface area contributed by atoms with Crippen LogP contribution in [0.25, 0.3) is 5.57 Å². The van der Waals surface area contributed by atoms with Gasteiger partial charge in [0.25, 0.3) is 0 Å². The van der Waals surface area contributed by atoms with E-state index in [-0.39, 0.29) is 50.8 Å². The summed E-state index contributed by atoms with van der Waals surface area (Å²) < 4.78 is 66.3. The van der Waals surface area contributed by atoms with Gasteiger partial charge in [-0.05, 0) is 75.6 Å². The van der Waals surface area contributed by atoms with E-state index in [0.29, 0.717) is 11.8 Å². The van der Waals surface area contributed by atoms with Gasteiger partial charge in [0.05, 0.1) is 10.9 Å². The first-order valence-corrected chi connectivity index (χ1v) is 13.6. The second-order valence-corrected chi connectivity index (χ2v) is 12.8. The summed E-state index contributed by atoms with van der Waals surface area (Å²) in [6.07, 6.45) is 1.48. The van der Waals surface area contributed by atoms with E-state index in [0.717, 1.165) is 23.2 Å². The normalized spacial score (nSPS) is 21.4. The summed E-state index contributed by atoms with van der Waals surface area (Å²) in [5, 5.41) is 14.3. The highest BCUT2D eigenvalue weighted by Gasteiger charge is 2.37. The Morgan fingerprint density at radius 1 is 0.902 bits per heavy atom. The van der Waals surface area contributed by atoms with Gasteiger partial charge in [-0.25, -0.2) is 22.4 Å². The van der Waals surface area contributed by atoms with E-state index in [2.05, 4.69) is 19.2 Å². The second-order valence-electron chi connectivity index (χ2n) is 12.8. The van der Waals surface area contributed by atoms with Crippen molar-refractivity contribution in [3.05, 3.63) is 85.9 Å². The monoisotopic (exact) mass is 566 g/mol. The summed E-state index contributed by atoms with van der Waals surface area (Å²) in [5.41, 5.74) is -0.0944. The molecule has 2 atom stereocenters. The van der Waals surface area contributed by atoms with E-state index >= 15 is 8.78 Å². The third-order valence-corrected chi connectivity index (χ3v) is 8.35. The minimum Gasteiger partial charge on any atom is -0.478 e. The van der Waals surface area contributed by atoms with Crippen molar-refractivity contribution in [3.63, 3.8) is 0 Å². The van der Waals surface area contributed by atoms with E-state index in [1.165, 1.54) is 0 Å². The molecule has 3 aromatic rings. The zero-order valence-corrected chi connectivity index (χ0v) is 23.6. The largest absolute Gasteiger partial charge is 0.478 e. The lowest BCUT2D eigenvalue weighted by Crippen LogP contribution is -2.37. The summed E-state index contributed by atoms with van der Waals surface area (Å²) in [6.45, 7) is 12.2. The molecule has 0 radical (unpaired) electrons. The molecular weight excluding hydrogens is 536 g/mol. The van der Waals surface area contributed by atoms with Crippen LogP contribution >= 0.6 is 0 Å². The highest BCUT2D eigenvalue weighted by molar-refractivity contribution is 5.99. The molecule has 0 saturated heterocycles. The van der Waals surface area contributed by atoms with Crippen LogP contribution in [0.2, 0.25) is 0 Å². The summed E-state index contributed by atoms with van der Waals surface area (Å²) in [5.74, 6) is -9.39. The Labute approximate surface area is 234 Å². The fourth-order valence-electron chi connectivity index (χ4n) is 6.87. The van der Waals surface area contributed by atoms with Crippen LogP contribution in [0.1, 0.15) is 98.8 Å². The minimum atomic E-state index is -2.18. The maximum atomic E-state index is 15.7. The Bertz CT molecular complexity index is 1810. The molecule has 214 valence electrons.